The van der Waals surface area contributed by atoms with Gasteiger partial charge in [-0.2, -0.15) is 0 Å². The van der Waals surface area contributed by atoms with Crippen LogP contribution in [0.1, 0.15) is 19.3 Å². The molecule has 1 amide bonds. The largest absolute Gasteiger partial charge is 0.496 e. The Hall–Kier alpha value is -2.36. The van der Waals surface area contributed by atoms with E-state index in [2.05, 4.69) is 0 Å². The molecule has 1 aliphatic heterocycles. The molecule has 0 N–H and O–H groups in total. The first kappa shape index (κ1) is 18.4. The van der Waals surface area contributed by atoms with Crippen molar-refractivity contribution in [2.24, 2.45) is 0 Å². The number of carbonyl (C=O) groups is 1. The molecule has 0 aromatic heterocycles. The summed E-state index contributed by atoms with van der Waals surface area (Å²) < 4.78 is 33.8. The normalized spacial score (nSPS) is 21.2. The van der Waals surface area contributed by atoms with Gasteiger partial charge < -0.3 is 14.4 Å². The lowest BCUT2D eigenvalue weighted by molar-refractivity contribution is -0.385. The highest BCUT2D eigenvalue weighted by atomic mass is 32.2. The highest BCUT2D eigenvalue weighted by Crippen LogP contribution is 2.34. The van der Waals surface area contributed by atoms with Crippen LogP contribution in [-0.4, -0.2) is 61.5 Å². The van der Waals surface area contributed by atoms with Gasteiger partial charge in [-0.3, -0.25) is 14.9 Å². The number of hydrogen-bond acceptors (Lipinski definition) is 7. The zero-order valence-electron chi connectivity index (χ0n) is 14.3. The first-order valence-electron chi connectivity index (χ1n) is 8.27. The lowest BCUT2D eigenvalue weighted by atomic mass is 10.2. The van der Waals surface area contributed by atoms with Crippen molar-refractivity contribution < 1.29 is 27.6 Å². The fraction of sp³-hybridized carbons (Fsp3) is 0.562. The van der Waals surface area contributed by atoms with Crippen LogP contribution in [0.5, 0.6) is 11.5 Å². The van der Waals surface area contributed by atoms with E-state index in [-0.39, 0.29) is 47.5 Å². The Morgan fingerprint density at radius 1 is 1.31 bits per heavy atom. The van der Waals surface area contributed by atoms with Crippen LogP contribution in [-0.2, 0) is 14.6 Å². The second kappa shape index (κ2) is 7.10. The van der Waals surface area contributed by atoms with Crippen LogP contribution < -0.4 is 9.47 Å². The van der Waals surface area contributed by atoms with Crippen molar-refractivity contribution in [3.63, 3.8) is 0 Å². The van der Waals surface area contributed by atoms with Gasteiger partial charge in [0.1, 0.15) is 5.75 Å². The van der Waals surface area contributed by atoms with Gasteiger partial charge in [0.15, 0.2) is 22.2 Å². The second-order valence-corrected chi connectivity index (χ2v) is 8.70. The molecule has 1 aliphatic carbocycles. The third-order valence-corrected chi connectivity index (χ3v) is 6.29. The van der Waals surface area contributed by atoms with Gasteiger partial charge in [0.05, 0.1) is 29.6 Å². The minimum atomic E-state index is -3.11. The Morgan fingerprint density at radius 2 is 2.04 bits per heavy atom. The van der Waals surface area contributed by atoms with Crippen LogP contribution in [0.15, 0.2) is 18.2 Å². The van der Waals surface area contributed by atoms with Gasteiger partial charge in [0.2, 0.25) is 0 Å². The molecule has 26 heavy (non-hydrogen) atoms. The maximum Gasteiger partial charge on any atom is 0.314 e. The summed E-state index contributed by atoms with van der Waals surface area (Å²) in [6, 6.07) is 3.81. The molecule has 10 heteroatoms. The number of carbonyl (C=O) groups excluding carboxylic acids is 1. The van der Waals surface area contributed by atoms with E-state index in [1.165, 1.54) is 25.3 Å². The van der Waals surface area contributed by atoms with Crippen LogP contribution >= 0.6 is 0 Å². The highest BCUT2D eigenvalue weighted by molar-refractivity contribution is 7.91. The summed E-state index contributed by atoms with van der Waals surface area (Å²) in [5.41, 5.74) is -0.293. The van der Waals surface area contributed by atoms with E-state index in [9.17, 15) is 23.3 Å². The Labute approximate surface area is 150 Å². The summed E-state index contributed by atoms with van der Waals surface area (Å²) in [6.07, 6.45) is 2.10. The van der Waals surface area contributed by atoms with Gasteiger partial charge in [-0.15, -0.1) is 0 Å². The Kier molecular flexibility index (Phi) is 5.03. The number of hydrogen-bond donors (Lipinski definition) is 0. The maximum atomic E-state index is 12.6. The molecule has 2 aliphatic rings. The van der Waals surface area contributed by atoms with Crippen molar-refractivity contribution in [3.8, 4) is 11.5 Å². The number of nitro benzene ring substituents is 1. The van der Waals surface area contributed by atoms with Gasteiger partial charge >= 0.3 is 5.69 Å². The average molecular weight is 384 g/mol. The van der Waals surface area contributed by atoms with Crippen molar-refractivity contribution in [1.29, 1.82) is 0 Å². The standard InChI is InChI=1S/C16H20N2O7S/c1-24-13-4-5-15(14(8-13)18(20)21)25-9-16(19)17(11-2-3-11)12-6-7-26(22,23)10-12/h4-5,8,11-12H,2-3,6-7,9-10H2,1H3/t12-/m1/s1. The van der Waals surface area contributed by atoms with Crippen molar-refractivity contribution in [3.05, 3.63) is 28.3 Å². The van der Waals surface area contributed by atoms with E-state index in [4.69, 9.17) is 9.47 Å². The van der Waals surface area contributed by atoms with Crippen molar-refractivity contribution >= 4 is 21.4 Å². The number of rotatable bonds is 7. The molecule has 0 bridgehead atoms. The predicted molar refractivity (Wildman–Crippen MR) is 92.1 cm³/mol. The van der Waals surface area contributed by atoms with E-state index in [0.717, 1.165) is 12.8 Å². The Balaban J connectivity index is 1.70. The van der Waals surface area contributed by atoms with Crippen LogP contribution in [0.2, 0.25) is 0 Å². The van der Waals surface area contributed by atoms with Crippen molar-refractivity contribution in [2.45, 2.75) is 31.3 Å². The summed E-state index contributed by atoms with van der Waals surface area (Å²) in [7, 11) is -1.72. The fourth-order valence-corrected chi connectivity index (χ4v) is 4.87. The monoisotopic (exact) mass is 384 g/mol. The SMILES string of the molecule is COc1ccc(OCC(=O)N(C2CC2)[C@@H]2CCS(=O)(=O)C2)c([N+](=O)[O-])c1. The predicted octanol–water partition coefficient (Wildman–Crippen LogP) is 1.16. The highest BCUT2D eigenvalue weighted by Gasteiger charge is 2.42. The molecular formula is C16H20N2O7S. The second-order valence-electron chi connectivity index (χ2n) is 6.47. The van der Waals surface area contributed by atoms with Crippen LogP contribution in [0.4, 0.5) is 5.69 Å². The Bertz CT molecular complexity index is 820. The molecule has 1 saturated carbocycles. The summed E-state index contributed by atoms with van der Waals surface area (Å²) in [5, 5.41) is 11.2. The molecule has 9 nitrogen and oxygen atoms in total. The number of nitrogens with zero attached hydrogens (tertiary/aromatic N) is 2. The molecule has 142 valence electrons. The number of sulfone groups is 1. The smallest absolute Gasteiger partial charge is 0.314 e. The van der Waals surface area contributed by atoms with Gasteiger partial charge in [0.25, 0.3) is 5.91 Å². The Morgan fingerprint density at radius 3 is 2.58 bits per heavy atom. The number of methoxy groups -OCH3 is 1. The quantitative estimate of drug-likeness (QED) is 0.511. The summed E-state index contributed by atoms with van der Waals surface area (Å²) >= 11 is 0. The molecular weight excluding hydrogens is 364 g/mol. The molecule has 1 atom stereocenters. The van der Waals surface area contributed by atoms with E-state index in [1.54, 1.807) is 4.90 Å². The molecule has 1 aromatic carbocycles. The third kappa shape index (κ3) is 4.06. The van der Waals surface area contributed by atoms with Gasteiger partial charge in [0, 0.05) is 12.1 Å². The molecule has 1 aromatic rings. The van der Waals surface area contributed by atoms with Gasteiger partial charge in [-0.1, -0.05) is 0 Å². The van der Waals surface area contributed by atoms with Crippen LogP contribution in [0.25, 0.3) is 0 Å². The van der Waals surface area contributed by atoms with Crippen molar-refractivity contribution in [2.75, 3.05) is 25.2 Å². The van der Waals surface area contributed by atoms with Gasteiger partial charge in [-0.05, 0) is 31.4 Å². The first-order valence-corrected chi connectivity index (χ1v) is 10.1. The molecule has 0 spiro atoms. The molecule has 0 unspecified atom stereocenters. The minimum absolute atomic E-state index is 0.0288. The number of amides is 1. The van der Waals surface area contributed by atoms with E-state index >= 15 is 0 Å². The zero-order chi connectivity index (χ0) is 18.9. The lowest BCUT2D eigenvalue weighted by Gasteiger charge is -2.28. The zero-order valence-corrected chi connectivity index (χ0v) is 15.1. The van der Waals surface area contributed by atoms with Gasteiger partial charge in [-0.25, -0.2) is 8.42 Å². The molecule has 3 rings (SSSR count). The minimum Gasteiger partial charge on any atom is -0.496 e. The number of benzene rings is 1. The number of ether oxygens (including phenoxy) is 2. The lowest BCUT2D eigenvalue weighted by Crippen LogP contribution is -2.45. The van der Waals surface area contributed by atoms with E-state index in [0.29, 0.717) is 12.2 Å². The maximum absolute atomic E-state index is 12.6. The summed E-state index contributed by atoms with van der Waals surface area (Å²) in [4.78, 5) is 24.8. The van der Waals surface area contributed by atoms with Crippen LogP contribution in [0.3, 0.4) is 0 Å². The topological polar surface area (TPSA) is 116 Å². The summed E-state index contributed by atoms with van der Waals surface area (Å²) in [5.74, 6) is -0.0125. The fourth-order valence-electron chi connectivity index (χ4n) is 3.16. The summed E-state index contributed by atoms with van der Waals surface area (Å²) in [6.45, 7) is -0.375. The molecule has 2 fully saturated rings. The van der Waals surface area contributed by atoms with Crippen molar-refractivity contribution in [1.82, 2.24) is 4.90 Å². The van der Waals surface area contributed by atoms with E-state index in [1.807, 2.05) is 0 Å². The molecule has 1 heterocycles. The molecule has 1 saturated heterocycles. The number of nitro groups is 1. The van der Waals surface area contributed by atoms with Crippen LogP contribution in [0, 0.1) is 10.1 Å². The van der Waals surface area contributed by atoms with E-state index < -0.39 is 14.8 Å². The third-order valence-electron chi connectivity index (χ3n) is 4.54. The first-order chi connectivity index (χ1) is 12.3. The molecule has 0 radical (unpaired) electrons. The average Bonchev–Trinajstić information content (AvgIpc) is 3.36.